The van der Waals surface area contributed by atoms with Gasteiger partial charge in [0.2, 0.25) is 0 Å². The quantitative estimate of drug-likeness (QED) is 0.844. The predicted octanol–water partition coefficient (Wildman–Crippen LogP) is 3.56. The van der Waals surface area contributed by atoms with Gasteiger partial charge < -0.3 is 9.88 Å². The van der Waals surface area contributed by atoms with E-state index in [4.69, 9.17) is 0 Å². The Morgan fingerprint density at radius 1 is 1.50 bits per heavy atom. The first-order chi connectivity index (χ1) is 9.78. The van der Waals surface area contributed by atoms with Crippen LogP contribution in [0.1, 0.15) is 41.9 Å². The number of thiazole rings is 1. The van der Waals surface area contributed by atoms with Gasteiger partial charge in [-0.2, -0.15) is 0 Å². The van der Waals surface area contributed by atoms with Crippen LogP contribution in [-0.2, 0) is 13.0 Å². The lowest BCUT2D eigenvalue weighted by atomic mass is 10.1. The average Bonchev–Trinajstić information content (AvgIpc) is 3.03. The van der Waals surface area contributed by atoms with E-state index in [2.05, 4.69) is 47.2 Å². The molecule has 0 amide bonds. The number of rotatable bonds is 7. The molecule has 1 aliphatic carbocycles. The summed E-state index contributed by atoms with van der Waals surface area (Å²) in [5, 5.41) is 3.63. The minimum Gasteiger partial charge on any atom is -0.354 e. The lowest BCUT2D eigenvalue weighted by molar-refractivity contribution is 0.495. The highest BCUT2D eigenvalue weighted by Crippen LogP contribution is 2.41. The van der Waals surface area contributed by atoms with Gasteiger partial charge in [0.25, 0.3) is 0 Å². The number of hydrogen-bond acceptors (Lipinski definition) is 3. The highest BCUT2D eigenvalue weighted by atomic mass is 32.1. The molecule has 0 spiro atoms. The smallest absolute Gasteiger partial charge is 0.0797 e. The third-order valence-corrected chi connectivity index (χ3v) is 5.09. The molecule has 0 aliphatic heterocycles. The van der Waals surface area contributed by atoms with Crippen LogP contribution in [0.4, 0.5) is 0 Å². The first-order valence-corrected chi connectivity index (χ1v) is 8.44. The fourth-order valence-corrected chi connectivity index (χ4v) is 3.56. The number of aryl methyl sites for hydroxylation is 3. The van der Waals surface area contributed by atoms with Crippen LogP contribution in [0.5, 0.6) is 0 Å². The second-order valence-corrected chi connectivity index (χ2v) is 6.61. The molecule has 1 aliphatic rings. The van der Waals surface area contributed by atoms with E-state index in [1.165, 1.54) is 29.0 Å². The van der Waals surface area contributed by atoms with Crippen molar-refractivity contribution in [3.8, 4) is 0 Å². The molecule has 0 radical (unpaired) electrons. The summed E-state index contributed by atoms with van der Waals surface area (Å²) >= 11 is 1.77. The molecule has 1 unspecified atom stereocenters. The number of hydrogen-bond donors (Lipinski definition) is 1. The zero-order valence-electron chi connectivity index (χ0n) is 12.3. The Bertz CT molecular complexity index is 554. The van der Waals surface area contributed by atoms with Gasteiger partial charge in [0.15, 0.2) is 0 Å². The minimum absolute atomic E-state index is 0.561. The van der Waals surface area contributed by atoms with Crippen LogP contribution >= 0.6 is 11.3 Å². The lowest BCUT2D eigenvalue weighted by Crippen LogP contribution is -2.22. The molecule has 2 aromatic heterocycles. The third kappa shape index (κ3) is 3.13. The van der Waals surface area contributed by atoms with Gasteiger partial charge >= 0.3 is 0 Å². The van der Waals surface area contributed by atoms with Crippen molar-refractivity contribution in [3.05, 3.63) is 40.1 Å². The summed E-state index contributed by atoms with van der Waals surface area (Å²) in [5.74, 6) is 0.856. The van der Waals surface area contributed by atoms with Gasteiger partial charge in [-0.1, -0.05) is 6.92 Å². The Kier molecular flexibility index (Phi) is 4.22. The molecule has 108 valence electrons. The van der Waals surface area contributed by atoms with Gasteiger partial charge in [0.1, 0.15) is 0 Å². The predicted molar refractivity (Wildman–Crippen MR) is 84.1 cm³/mol. The molecule has 0 bridgehead atoms. The second kappa shape index (κ2) is 6.10. The third-order valence-electron chi connectivity index (χ3n) is 4.09. The van der Waals surface area contributed by atoms with E-state index in [-0.39, 0.29) is 0 Å². The maximum atomic E-state index is 4.32. The number of nitrogens with one attached hydrogen (secondary N) is 1. The summed E-state index contributed by atoms with van der Waals surface area (Å²) in [6, 6.07) is 2.84. The minimum atomic E-state index is 0.561. The molecular formula is C16H23N3S. The van der Waals surface area contributed by atoms with Crippen LogP contribution in [0.2, 0.25) is 0 Å². The molecule has 3 rings (SSSR count). The number of nitrogens with zero attached hydrogens (tertiary/aromatic N) is 2. The van der Waals surface area contributed by atoms with Crippen molar-refractivity contribution in [1.29, 1.82) is 0 Å². The Balaban J connectivity index is 1.62. The SMILES string of the molecule is CCNC(c1ccn(CCc2scnc2C)c1)C1CC1. The molecule has 1 saturated carbocycles. The zero-order chi connectivity index (χ0) is 13.9. The van der Waals surface area contributed by atoms with Gasteiger partial charge in [0.05, 0.1) is 11.2 Å². The highest BCUT2D eigenvalue weighted by Gasteiger charge is 2.31. The fourth-order valence-electron chi connectivity index (χ4n) is 2.79. The largest absolute Gasteiger partial charge is 0.354 e. The topological polar surface area (TPSA) is 29.9 Å². The van der Waals surface area contributed by atoms with E-state index >= 15 is 0 Å². The molecule has 0 saturated heterocycles. The van der Waals surface area contributed by atoms with Gasteiger partial charge in [-0.3, -0.25) is 0 Å². The van der Waals surface area contributed by atoms with Gasteiger partial charge in [-0.15, -0.1) is 11.3 Å². The first kappa shape index (κ1) is 13.8. The van der Waals surface area contributed by atoms with E-state index in [0.717, 1.165) is 25.4 Å². The molecule has 3 nitrogen and oxygen atoms in total. The van der Waals surface area contributed by atoms with E-state index in [0.29, 0.717) is 6.04 Å². The molecule has 0 aromatic carbocycles. The van der Waals surface area contributed by atoms with Crippen LogP contribution < -0.4 is 5.32 Å². The Morgan fingerprint density at radius 3 is 3.00 bits per heavy atom. The molecule has 1 N–H and O–H groups in total. The van der Waals surface area contributed by atoms with Gasteiger partial charge in [-0.05, 0) is 43.9 Å². The van der Waals surface area contributed by atoms with Crippen molar-refractivity contribution in [2.45, 2.75) is 45.7 Å². The normalized spacial score (nSPS) is 16.5. The van der Waals surface area contributed by atoms with Crippen LogP contribution in [0.3, 0.4) is 0 Å². The summed E-state index contributed by atoms with van der Waals surface area (Å²) in [4.78, 5) is 5.73. The molecule has 1 fully saturated rings. The monoisotopic (exact) mass is 289 g/mol. The molecule has 20 heavy (non-hydrogen) atoms. The van der Waals surface area contributed by atoms with Crippen molar-refractivity contribution in [2.24, 2.45) is 5.92 Å². The van der Waals surface area contributed by atoms with Gasteiger partial charge in [0, 0.05) is 36.3 Å². The summed E-state index contributed by atoms with van der Waals surface area (Å²) in [6.07, 6.45) is 8.38. The van der Waals surface area contributed by atoms with Crippen LogP contribution in [0.15, 0.2) is 24.0 Å². The molecule has 4 heteroatoms. The van der Waals surface area contributed by atoms with Crippen LogP contribution in [-0.4, -0.2) is 16.1 Å². The van der Waals surface area contributed by atoms with Crippen molar-refractivity contribution in [1.82, 2.24) is 14.9 Å². The maximum Gasteiger partial charge on any atom is 0.0797 e. The maximum absolute atomic E-state index is 4.32. The van der Waals surface area contributed by atoms with E-state index in [9.17, 15) is 0 Å². The first-order valence-electron chi connectivity index (χ1n) is 7.56. The average molecular weight is 289 g/mol. The molecule has 2 heterocycles. The second-order valence-electron chi connectivity index (χ2n) is 5.67. The van der Waals surface area contributed by atoms with E-state index in [1.807, 2.05) is 5.51 Å². The fraction of sp³-hybridized carbons (Fsp3) is 0.562. The van der Waals surface area contributed by atoms with Crippen molar-refractivity contribution in [3.63, 3.8) is 0 Å². The van der Waals surface area contributed by atoms with Crippen LogP contribution in [0.25, 0.3) is 0 Å². The standard InChI is InChI=1S/C16H23N3S/c1-3-17-16(13-4-5-13)14-6-8-19(10-14)9-7-15-12(2)18-11-20-15/h6,8,10-11,13,16-17H,3-5,7,9H2,1-2H3. The Labute approximate surface area is 125 Å². The van der Waals surface area contributed by atoms with Crippen LogP contribution in [0, 0.1) is 12.8 Å². The molecular weight excluding hydrogens is 266 g/mol. The zero-order valence-corrected chi connectivity index (χ0v) is 13.1. The van der Waals surface area contributed by atoms with Crippen molar-refractivity contribution >= 4 is 11.3 Å². The molecule has 1 atom stereocenters. The Hall–Kier alpha value is -1.13. The summed E-state index contributed by atoms with van der Waals surface area (Å²) in [5.41, 5.74) is 4.58. The molecule has 2 aromatic rings. The summed E-state index contributed by atoms with van der Waals surface area (Å²) in [7, 11) is 0. The van der Waals surface area contributed by atoms with E-state index < -0.39 is 0 Å². The van der Waals surface area contributed by atoms with Crippen molar-refractivity contribution < 1.29 is 0 Å². The highest BCUT2D eigenvalue weighted by molar-refractivity contribution is 7.09. The van der Waals surface area contributed by atoms with Crippen molar-refractivity contribution in [2.75, 3.05) is 6.54 Å². The number of aromatic nitrogens is 2. The summed E-state index contributed by atoms with van der Waals surface area (Å²) < 4.78 is 2.32. The van der Waals surface area contributed by atoms with E-state index in [1.54, 1.807) is 11.3 Å². The Morgan fingerprint density at radius 2 is 2.35 bits per heavy atom. The van der Waals surface area contributed by atoms with Gasteiger partial charge in [-0.25, -0.2) is 4.98 Å². The lowest BCUT2D eigenvalue weighted by Gasteiger charge is -2.15. The summed E-state index contributed by atoms with van der Waals surface area (Å²) in [6.45, 7) is 6.39.